The van der Waals surface area contributed by atoms with Gasteiger partial charge in [-0.25, -0.2) is 4.39 Å². The van der Waals surface area contributed by atoms with Crippen molar-refractivity contribution in [1.29, 1.82) is 0 Å². The van der Waals surface area contributed by atoms with Crippen molar-refractivity contribution in [3.05, 3.63) is 82.7 Å². The fourth-order valence-electron chi connectivity index (χ4n) is 3.87. The lowest BCUT2D eigenvalue weighted by atomic mass is 10.0. The van der Waals surface area contributed by atoms with Crippen LogP contribution >= 0.6 is 0 Å². The number of carbonyl (C=O) groups is 1. The van der Waals surface area contributed by atoms with Gasteiger partial charge in [0.2, 0.25) is 5.91 Å². The lowest BCUT2D eigenvalue weighted by Gasteiger charge is -2.12. The van der Waals surface area contributed by atoms with Gasteiger partial charge in [0.05, 0.1) is 11.1 Å². The first-order chi connectivity index (χ1) is 14.2. The first kappa shape index (κ1) is 19.9. The molecule has 0 radical (unpaired) electrons. The summed E-state index contributed by atoms with van der Waals surface area (Å²) < 4.78 is 55.2. The van der Waals surface area contributed by atoms with E-state index in [0.29, 0.717) is 22.5 Å². The van der Waals surface area contributed by atoms with Crippen LogP contribution in [0.5, 0.6) is 0 Å². The minimum atomic E-state index is -4.65. The Hall–Kier alpha value is -3.35. The van der Waals surface area contributed by atoms with Crippen LogP contribution in [0.15, 0.2) is 54.6 Å². The van der Waals surface area contributed by atoms with Crippen molar-refractivity contribution in [2.75, 3.05) is 0 Å². The van der Waals surface area contributed by atoms with Crippen LogP contribution in [-0.2, 0) is 19.1 Å². The smallest absolute Gasteiger partial charge is 0.366 e. The Bertz CT molecular complexity index is 1290. The summed E-state index contributed by atoms with van der Waals surface area (Å²) in [4.78, 5) is 12.0. The Kier molecular flexibility index (Phi) is 4.76. The highest BCUT2D eigenvalue weighted by molar-refractivity contribution is 6.17. The number of amides is 1. The van der Waals surface area contributed by atoms with Gasteiger partial charge in [0.1, 0.15) is 5.82 Å². The molecule has 0 spiro atoms. The van der Waals surface area contributed by atoms with Gasteiger partial charge in [-0.1, -0.05) is 25.1 Å². The minimum absolute atomic E-state index is 0.0101. The van der Waals surface area contributed by atoms with Crippen molar-refractivity contribution in [2.45, 2.75) is 26.1 Å². The number of alkyl halides is 3. The highest BCUT2D eigenvalue weighted by Gasteiger charge is 2.31. The number of nitrogens with zero attached hydrogens (tertiary/aromatic N) is 1. The van der Waals surface area contributed by atoms with Gasteiger partial charge in [0.15, 0.2) is 0 Å². The zero-order valence-corrected chi connectivity index (χ0v) is 16.1. The zero-order chi connectivity index (χ0) is 21.6. The largest absolute Gasteiger partial charge is 0.416 e. The Balaban J connectivity index is 1.99. The van der Waals surface area contributed by atoms with E-state index in [1.807, 2.05) is 25.1 Å². The highest BCUT2D eigenvalue weighted by Crippen LogP contribution is 2.34. The molecule has 7 heteroatoms. The molecule has 0 unspecified atom stereocenters. The summed E-state index contributed by atoms with van der Waals surface area (Å²) in [6, 6.07) is 13.3. The summed E-state index contributed by atoms with van der Waals surface area (Å²) in [6.45, 7) is 2.00. The van der Waals surface area contributed by atoms with Gasteiger partial charge in [-0.2, -0.15) is 13.2 Å². The summed E-state index contributed by atoms with van der Waals surface area (Å²) in [7, 11) is 0. The van der Waals surface area contributed by atoms with E-state index >= 15 is 0 Å². The van der Waals surface area contributed by atoms with E-state index in [1.165, 1.54) is 0 Å². The number of hydrogen-bond acceptors (Lipinski definition) is 1. The molecule has 0 saturated carbocycles. The van der Waals surface area contributed by atoms with E-state index in [1.54, 1.807) is 22.8 Å². The summed E-state index contributed by atoms with van der Waals surface area (Å²) in [6.07, 6.45) is -3.88. The molecule has 0 aliphatic heterocycles. The number of carbonyl (C=O) groups excluding carboxylic acids is 1. The number of aromatic nitrogens is 1. The Labute approximate surface area is 169 Å². The molecule has 4 aromatic rings. The van der Waals surface area contributed by atoms with Crippen LogP contribution in [0.1, 0.15) is 34.0 Å². The molecule has 0 aliphatic rings. The van der Waals surface area contributed by atoms with Crippen molar-refractivity contribution >= 4 is 27.7 Å². The van der Waals surface area contributed by atoms with Crippen LogP contribution in [0.25, 0.3) is 21.8 Å². The Morgan fingerprint density at radius 3 is 2.43 bits per heavy atom. The van der Waals surface area contributed by atoms with Gasteiger partial charge < -0.3 is 10.3 Å². The fourth-order valence-corrected chi connectivity index (χ4v) is 3.87. The topological polar surface area (TPSA) is 48.0 Å². The maximum absolute atomic E-state index is 13.9. The van der Waals surface area contributed by atoms with Gasteiger partial charge >= 0.3 is 6.18 Å². The van der Waals surface area contributed by atoms with Crippen LogP contribution in [0.3, 0.4) is 0 Å². The van der Waals surface area contributed by atoms with Crippen molar-refractivity contribution in [3.63, 3.8) is 0 Å². The normalized spacial score (nSPS) is 12.0. The molecule has 0 fully saturated rings. The van der Waals surface area contributed by atoms with Crippen molar-refractivity contribution in [2.24, 2.45) is 5.73 Å². The van der Waals surface area contributed by atoms with E-state index in [4.69, 9.17) is 5.73 Å². The minimum Gasteiger partial charge on any atom is -0.366 e. The number of aryl methyl sites for hydroxylation is 1. The number of nitrogens with two attached hydrogens (primary N) is 1. The highest BCUT2D eigenvalue weighted by atomic mass is 19.4. The molecule has 3 aromatic carbocycles. The monoisotopic (exact) mass is 414 g/mol. The second-order valence-electron chi connectivity index (χ2n) is 7.20. The predicted octanol–water partition coefficient (Wildman–Crippen LogP) is 5.66. The number of benzene rings is 3. The van der Waals surface area contributed by atoms with Gasteiger partial charge in [0.25, 0.3) is 0 Å². The van der Waals surface area contributed by atoms with E-state index in [-0.39, 0.29) is 12.1 Å². The van der Waals surface area contributed by atoms with Gasteiger partial charge in [-0.3, -0.25) is 4.79 Å². The van der Waals surface area contributed by atoms with Crippen LogP contribution < -0.4 is 5.73 Å². The lowest BCUT2D eigenvalue weighted by molar-refractivity contribution is -0.137. The first-order valence-electron chi connectivity index (χ1n) is 9.39. The number of fused-ring (bicyclic) bond motifs is 3. The second-order valence-corrected chi connectivity index (χ2v) is 7.20. The average Bonchev–Trinajstić information content (AvgIpc) is 3.00. The second kappa shape index (κ2) is 7.16. The molecule has 1 aromatic heterocycles. The third kappa shape index (κ3) is 3.40. The molecule has 30 heavy (non-hydrogen) atoms. The van der Waals surface area contributed by atoms with E-state index in [2.05, 4.69) is 0 Å². The van der Waals surface area contributed by atoms with Gasteiger partial charge in [0, 0.05) is 28.4 Å². The first-order valence-corrected chi connectivity index (χ1v) is 9.39. The van der Waals surface area contributed by atoms with Crippen LogP contribution in [0.4, 0.5) is 17.6 Å². The quantitative estimate of drug-likeness (QED) is 0.430. The Morgan fingerprint density at radius 2 is 1.77 bits per heavy atom. The molecular weight excluding hydrogens is 396 g/mol. The van der Waals surface area contributed by atoms with Crippen molar-refractivity contribution in [1.82, 2.24) is 4.57 Å². The molecule has 0 bridgehead atoms. The zero-order valence-electron chi connectivity index (χ0n) is 16.1. The number of rotatable bonds is 4. The number of primary amides is 1. The SMILES string of the molecule is CCc1ccc2c3c(C(N)=O)cccc3n(Cc3cc(F)cc(C(F)(F)F)c3)c2c1. The number of halogens is 4. The van der Waals surface area contributed by atoms with E-state index in [9.17, 15) is 22.4 Å². The van der Waals surface area contributed by atoms with E-state index < -0.39 is 23.5 Å². The standard InChI is InChI=1S/C23H18F4N2O/c1-2-13-6-7-17-20(10-13)29(19-5-3-4-18(21(17)19)22(28)30)12-14-8-15(23(25,26)27)11-16(24)9-14/h3-11H,2,12H2,1H3,(H2,28,30). The van der Waals surface area contributed by atoms with Crippen LogP contribution in [0.2, 0.25) is 0 Å². The van der Waals surface area contributed by atoms with Crippen LogP contribution in [0, 0.1) is 5.82 Å². The Morgan fingerprint density at radius 1 is 1.00 bits per heavy atom. The maximum atomic E-state index is 13.9. The molecule has 0 aliphatic carbocycles. The lowest BCUT2D eigenvalue weighted by Crippen LogP contribution is -2.11. The predicted molar refractivity (Wildman–Crippen MR) is 108 cm³/mol. The third-order valence-electron chi connectivity index (χ3n) is 5.25. The van der Waals surface area contributed by atoms with Crippen molar-refractivity contribution in [3.8, 4) is 0 Å². The third-order valence-corrected chi connectivity index (χ3v) is 5.25. The van der Waals surface area contributed by atoms with Crippen LogP contribution in [-0.4, -0.2) is 10.5 Å². The maximum Gasteiger partial charge on any atom is 0.416 e. The summed E-state index contributed by atoms with van der Waals surface area (Å²) in [5, 5.41) is 1.40. The van der Waals surface area contributed by atoms with Gasteiger partial charge in [-0.05, 0) is 53.9 Å². The molecule has 1 heterocycles. The summed E-state index contributed by atoms with van der Waals surface area (Å²) in [5.74, 6) is -1.54. The molecule has 154 valence electrons. The summed E-state index contributed by atoms with van der Waals surface area (Å²) in [5.41, 5.74) is 7.44. The van der Waals surface area contributed by atoms with E-state index in [0.717, 1.165) is 35.0 Å². The molecule has 3 nitrogen and oxygen atoms in total. The van der Waals surface area contributed by atoms with Gasteiger partial charge in [-0.15, -0.1) is 0 Å². The molecule has 2 N–H and O–H groups in total. The fraction of sp³-hybridized carbons (Fsp3) is 0.174. The summed E-state index contributed by atoms with van der Waals surface area (Å²) >= 11 is 0. The number of hydrogen-bond donors (Lipinski definition) is 1. The molecule has 4 rings (SSSR count). The molecular formula is C23H18F4N2O. The average molecular weight is 414 g/mol. The van der Waals surface area contributed by atoms with Crippen molar-refractivity contribution < 1.29 is 22.4 Å². The molecule has 0 atom stereocenters. The molecule has 0 saturated heterocycles. The molecule has 1 amide bonds.